The van der Waals surface area contributed by atoms with Gasteiger partial charge in [0.2, 0.25) is 0 Å². The summed E-state index contributed by atoms with van der Waals surface area (Å²) in [5.74, 6) is 0. The molecular formula is C11H23NO2. The molecule has 0 aromatic rings. The van der Waals surface area contributed by atoms with E-state index in [0.717, 1.165) is 25.7 Å². The molecule has 0 aliphatic heterocycles. The number of aliphatic hydroxyl groups is 1. The Morgan fingerprint density at radius 2 is 1.71 bits per heavy atom. The second-order valence-electron chi connectivity index (χ2n) is 3.63. The van der Waals surface area contributed by atoms with E-state index in [2.05, 4.69) is 19.0 Å². The first kappa shape index (κ1) is 13.4. The summed E-state index contributed by atoms with van der Waals surface area (Å²) in [5, 5.41) is 14.2. The Bertz CT molecular complexity index is 172. The van der Waals surface area contributed by atoms with Gasteiger partial charge in [0.15, 0.2) is 0 Å². The highest BCUT2D eigenvalue weighted by Gasteiger charge is 2.28. The van der Waals surface area contributed by atoms with Crippen LogP contribution in [0.25, 0.3) is 0 Å². The minimum atomic E-state index is -0.765. The van der Waals surface area contributed by atoms with Crippen LogP contribution in [-0.2, 0) is 4.84 Å². The van der Waals surface area contributed by atoms with Gasteiger partial charge < -0.3 is 9.94 Å². The Balaban J connectivity index is 4.44. The van der Waals surface area contributed by atoms with Crippen LogP contribution in [0, 0.1) is 0 Å². The van der Waals surface area contributed by atoms with Gasteiger partial charge in [0.1, 0.15) is 12.2 Å². The Morgan fingerprint density at radius 3 is 2.07 bits per heavy atom. The third-order valence-corrected chi connectivity index (χ3v) is 2.33. The fourth-order valence-corrected chi connectivity index (χ4v) is 1.56. The first-order chi connectivity index (χ1) is 6.60. The van der Waals surface area contributed by atoms with Crippen LogP contribution in [0.15, 0.2) is 5.16 Å². The molecule has 0 bridgehead atoms. The molecule has 14 heavy (non-hydrogen) atoms. The molecule has 0 aliphatic rings. The maximum absolute atomic E-state index is 10.3. The van der Waals surface area contributed by atoms with E-state index >= 15 is 0 Å². The molecule has 0 unspecified atom stereocenters. The summed E-state index contributed by atoms with van der Waals surface area (Å²) in [7, 11) is 0. The van der Waals surface area contributed by atoms with Gasteiger partial charge in [0, 0.05) is 0 Å². The van der Waals surface area contributed by atoms with Crippen LogP contribution in [0.2, 0.25) is 0 Å². The molecule has 0 amide bonds. The fraction of sp³-hybridized carbons (Fsp3) is 0.909. The van der Waals surface area contributed by atoms with Crippen molar-refractivity contribution >= 4 is 5.71 Å². The maximum Gasteiger partial charge on any atom is 0.114 e. The van der Waals surface area contributed by atoms with Gasteiger partial charge in [-0.2, -0.15) is 0 Å². The van der Waals surface area contributed by atoms with E-state index in [0.29, 0.717) is 12.3 Å². The Morgan fingerprint density at radius 1 is 1.21 bits per heavy atom. The molecule has 0 saturated carbocycles. The van der Waals surface area contributed by atoms with Crippen molar-refractivity contribution in [2.75, 3.05) is 6.61 Å². The molecule has 0 atom stereocenters. The predicted molar refractivity (Wildman–Crippen MR) is 59.5 cm³/mol. The smallest absolute Gasteiger partial charge is 0.114 e. The van der Waals surface area contributed by atoms with Crippen LogP contribution in [0.1, 0.15) is 53.4 Å². The van der Waals surface area contributed by atoms with E-state index in [9.17, 15) is 5.11 Å². The highest BCUT2D eigenvalue weighted by Crippen LogP contribution is 2.21. The standard InChI is InChI=1S/C11H23NO2/c1-5-8-11(13,9-6-2)10(4)12-14-7-3/h13H,5-9H2,1-4H3/b12-10-. The summed E-state index contributed by atoms with van der Waals surface area (Å²) in [6.45, 7) is 8.39. The zero-order valence-electron chi connectivity index (χ0n) is 9.84. The van der Waals surface area contributed by atoms with E-state index in [1.807, 2.05) is 13.8 Å². The van der Waals surface area contributed by atoms with Gasteiger partial charge in [0.05, 0.1) is 5.71 Å². The van der Waals surface area contributed by atoms with Crippen LogP contribution in [0.5, 0.6) is 0 Å². The topological polar surface area (TPSA) is 41.8 Å². The second-order valence-corrected chi connectivity index (χ2v) is 3.63. The summed E-state index contributed by atoms with van der Waals surface area (Å²) in [6, 6.07) is 0. The van der Waals surface area contributed by atoms with Crippen molar-refractivity contribution in [2.45, 2.75) is 59.0 Å². The average molecular weight is 201 g/mol. The van der Waals surface area contributed by atoms with Crippen molar-refractivity contribution in [3.8, 4) is 0 Å². The van der Waals surface area contributed by atoms with E-state index in [4.69, 9.17) is 4.84 Å². The molecule has 3 nitrogen and oxygen atoms in total. The number of oxime groups is 1. The van der Waals surface area contributed by atoms with Gasteiger partial charge in [-0.1, -0.05) is 31.8 Å². The zero-order chi connectivity index (χ0) is 11.0. The second kappa shape index (κ2) is 6.82. The van der Waals surface area contributed by atoms with Gasteiger partial charge in [-0.3, -0.25) is 0 Å². The molecule has 0 aromatic carbocycles. The summed E-state index contributed by atoms with van der Waals surface area (Å²) in [4.78, 5) is 4.96. The Hall–Kier alpha value is -0.570. The molecule has 84 valence electrons. The summed E-state index contributed by atoms with van der Waals surface area (Å²) < 4.78 is 0. The highest BCUT2D eigenvalue weighted by atomic mass is 16.6. The summed E-state index contributed by atoms with van der Waals surface area (Å²) >= 11 is 0. The van der Waals surface area contributed by atoms with Gasteiger partial charge >= 0.3 is 0 Å². The molecule has 0 spiro atoms. The number of rotatable bonds is 7. The van der Waals surface area contributed by atoms with Gasteiger partial charge in [-0.25, -0.2) is 0 Å². The number of hydrogen-bond acceptors (Lipinski definition) is 3. The monoisotopic (exact) mass is 201 g/mol. The van der Waals surface area contributed by atoms with Crippen molar-refractivity contribution in [3.63, 3.8) is 0 Å². The molecule has 0 heterocycles. The lowest BCUT2D eigenvalue weighted by molar-refractivity contribution is 0.0794. The van der Waals surface area contributed by atoms with Crippen LogP contribution in [0.4, 0.5) is 0 Å². The molecular weight excluding hydrogens is 178 g/mol. The molecule has 0 aliphatic carbocycles. The Kier molecular flexibility index (Phi) is 6.54. The fourth-order valence-electron chi connectivity index (χ4n) is 1.56. The Labute approximate surface area is 87.1 Å². The van der Waals surface area contributed by atoms with Gasteiger partial charge in [-0.15, -0.1) is 0 Å². The number of nitrogens with zero attached hydrogens (tertiary/aromatic N) is 1. The molecule has 0 fully saturated rings. The first-order valence-electron chi connectivity index (χ1n) is 5.50. The average Bonchev–Trinajstić information content (AvgIpc) is 2.15. The van der Waals surface area contributed by atoms with Crippen molar-refractivity contribution in [1.29, 1.82) is 0 Å². The van der Waals surface area contributed by atoms with E-state index < -0.39 is 5.60 Å². The quantitative estimate of drug-likeness (QED) is 0.508. The van der Waals surface area contributed by atoms with Crippen LogP contribution < -0.4 is 0 Å². The molecule has 0 rings (SSSR count). The zero-order valence-corrected chi connectivity index (χ0v) is 9.84. The van der Waals surface area contributed by atoms with Crippen molar-refractivity contribution in [3.05, 3.63) is 0 Å². The lowest BCUT2D eigenvalue weighted by Crippen LogP contribution is -2.36. The van der Waals surface area contributed by atoms with Crippen molar-refractivity contribution in [2.24, 2.45) is 5.16 Å². The lowest BCUT2D eigenvalue weighted by Gasteiger charge is -2.26. The number of hydrogen-bond donors (Lipinski definition) is 1. The third kappa shape index (κ3) is 4.09. The van der Waals surface area contributed by atoms with Crippen LogP contribution in [-0.4, -0.2) is 23.0 Å². The predicted octanol–water partition coefficient (Wildman–Crippen LogP) is 2.73. The molecule has 0 saturated heterocycles. The normalized spacial score (nSPS) is 13.1. The minimum absolute atomic E-state index is 0.547. The van der Waals surface area contributed by atoms with E-state index in [-0.39, 0.29) is 0 Å². The lowest BCUT2D eigenvalue weighted by atomic mass is 9.88. The highest BCUT2D eigenvalue weighted by molar-refractivity contribution is 5.89. The summed E-state index contributed by atoms with van der Waals surface area (Å²) in [5.41, 5.74) is -0.0679. The molecule has 1 N–H and O–H groups in total. The molecule has 0 radical (unpaired) electrons. The largest absolute Gasteiger partial charge is 0.396 e. The summed E-state index contributed by atoms with van der Waals surface area (Å²) in [6.07, 6.45) is 3.41. The van der Waals surface area contributed by atoms with Gasteiger partial charge in [0.25, 0.3) is 0 Å². The minimum Gasteiger partial charge on any atom is -0.396 e. The van der Waals surface area contributed by atoms with E-state index in [1.165, 1.54) is 0 Å². The van der Waals surface area contributed by atoms with Crippen molar-refractivity contribution in [1.82, 2.24) is 0 Å². The van der Waals surface area contributed by atoms with Crippen molar-refractivity contribution < 1.29 is 9.94 Å². The van der Waals surface area contributed by atoms with Gasteiger partial charge in [-0.05, 0) is 26.7 Å². The molecule has 0 aromatic heterocycles. The maximum atomic E-state index is 10.3. The van der Waals surface area contributed by atoms with Crippen LogP contribution >= 0.6 is 0 Å². The van der Waals surface area contributed by atoms with E-state index in [1.54, 1.807) is 0 Å². The third-order valence-electron chi connectivity index (χ3n) is 2.33. The van der Waals surface area contributed by atoms with Crippen LogP contribution in [0.3, 0.4) is 0 Å². The molecule has 3 heteroatoms. The first-order valence-corrected chi connectivity index (χ1v) is 5.50. The SMILES string of the molecule is CCCC(O)(CCC)/C(C)=N\OCC.